The molecule has 0 saturated heterocycles. The molecule has 0 saturated carbocycles. The number of esters is 1. The molecule has 1 atom stereocenters. The normalized spacial score (nSPS) is 12.3. The predicted molar refractivity (Wildman–Crippen MR) is 63.0 cm³/mol. The van der Waals surface area contributed by atoms with E-state index in [0.29, 0.717) is 10.6 Å². The zero-order valence-corrected chi connectivity index (χ0v) is 10.7. The van der Waals surface area contributed by atoms with E-state index in [1.165, 1.54) is 7.11 Å². The molecule has 1 aromatic rings. The third-order valence-corrected chi connectivity index (χ3v) is 2.82. The SMILES string of the molecule is CNC(C(=O)OC)c1ccc(Br)cc1Cl. The summed E-state index contributed by atoms with van der Waals surface area (Å²) in [4.78, 5) is 11.4. The van der Waals surface area contributed by atoms with Crippen LogP contribution in [0.5, 0.6) is 0 Å². The molecular formula is C10H11BrClNO2. The van der Waals surface area contributed by atoms with Gasteiger partial charge in [-0.25, -0.2) is 4.79 Å². The number of hydrogen-bond donors (Lipinski definition) is 1. The van der Waals surface area contributed by atoms with E-state index in [1.54, 1.807) is 19.2 Å². The van der Waals surface area contributed by atoms with Crippen molar-refractivity contribution in [3.63, 3.8) is 0 Å². The second-order valence-corrected chi connectivity index (χ2v) is 4.23. The zero-order chi connectivity index (χ0) is 11.4. The quantitative estimate of drug-likeness (QED) is 0.870. The fraction of sp³-hybridized carbons (Fsp3) is 0.300. The zero-order valence-electron chi connectivity index (χ0n) is 8.38. The summed E-state index contributed by atoms with van der Waals surface area (Å²) in [6.45, 7) is 0. The summed E-state index contributed by atoms with van der Waals surface area (Å²) in [7, 11) is 3.03. The van der Waals surface area contributed by atoms with Gasteiger partial charge >= 0.3 is 5.97 Å². The maximum Gasteiger partial charge on any atom is 0.327 e. The Kier molecular flexibility index (Phi) is 4.57. The van der Waals surface area contributed by atoms with E-state index in [0.717, 1.165) is 4.47 Å². The monoisotopic (exact) mass is 291 g/mol. The molecular weight excluding hydrogens is 281 g/mol. The molecule has 3 nitrogen and oxygen atoms in total. The molecule has 0 radical (unpaired) electrons. The van der Waals surface area contributed by atoms with Crippen molar-refractivity contribution < 1.29 is 9.53 Å². The molecule has 0 spiro atoms. The van der Waals surface area contributed by atoms with Gasteiger partial charge < -0.3 is 10.1 Å². The van der Waals surface area contributed by atoms with Crippen molar-refractivity contribution in [1.82, 2.24) is 5.32 Å². The van der Waals surface area contributed by atoms with Crippen LogP contribution in [-0.4, -0.2) is 20.1 Å². The van der Waals surface area contributed by atoms with Crippen molar-refractivity contribution in [3.8, 4) is 0 Å². The summed E-state index contributed by atoms with van der Waals surface area (Å²) in [6.07, 6.45) is 0. The van der Waals surface area contributed by atoms with Crippen molar-refractivity contribution in [1.29, 1.82) is 0 Å². The number of benzene rings is 1. The fourth-order valence-corrected chi connectivity index (χ4v) is 2.04. The van der Waals surface area contributed by atoms with Gasteiger partial charge in [-0.05, 0) is 24.7 Å². The van der Waals surface area contributed by atoms with Gasteiger partial charge in [0.15, 0.2) is 0 Å². The van der Waals surface area contributed by atoms with E-state index in [1.807, 2.05) is 6.07 Å². The first kappa shape index (κ1) is 12.5. The Morgan fingerprint density at radius 2 is 2.27 bits per heavy atom. The number of likely N-dealkylation sites (N-methyl/N-ethyl adjacent to an activating group) is 1. The Bertz CT molecular complexity index is 370. The van der Waals surface area contributed by atoms with Crippen LogP contribution in [0.2, 0.25) is 5.02 Å². The van der Waals surface area contributed by atoms with Crippen LogP contribution < -0.4 is 5.32 Å². The van der Waals surface area contributed by atoms with Gasteiger partial charge in [0.1, 0.15) is 6.04 Å². The lowest BCUT2D eigenvalue weighted by Gasteiger charge is -2.15. The summed E-state index contributed by atoms with van der Waals surface area (Å²) in [5, 5.41) is 3.38. The number of halogens is 2. The number of ether oxygens (including phenoxy) is 1. The molecule has 0 aliphatic rings. The second kappa shape index (κ2) is 5.49. The van der Waals surface area contributed by atoms with Crippen molar-refractivity contribution in [2.45, 2.75) is 6.04 Å². The number of carbonyl (C=O) groups excluding carboxylic acids is 1. The first-order valence-electron chi connectivity index (χ1n) is 4.30. The largest absolute Gasteiger partial charge is 0.468 e. The maximum absolute atomic E-state index is 11.4. The van der Waals surface area contributed by atoms with Crippen LogP contribution in [0.4, 0.5) is 0 Å². The predicted octanol–water partition coefficient (Wildman–Crippen LogP) is 2.54. The van der Waals surface area contributed by atoms with Crippen LogP contribution >= 0.6 is 27.5 Å². The average molecular weight is 293 g/mol. The second-order valence-electron chi connectivity index (χ2n) is 2.91. The van der Waals surface area contributed by atoms with Gasteiger partial charge in [0.05, 0.1) is 7.11 Å². The number of hydrogen-bond acceptors (Lipinski definition) is 3. The molecule has 15 heavy (non-hydrogen) atoms. The van der Waals surface area contributed by atoms with Crippen molar-refractivity contribution in [2.75, 3.05) is 14.2 Å². The minimum atomic E-state index is -0.532. The van der Waals surface area contributed by atoms with Crippen LogP contribution in [0.3, 0.4) is 0 Å². The van der Waals surface area contributed by atoms with Gasteiger partial charge in [0.25, 0.3) is 0 Å². The first-order chi connectivity index (χ1) is 7.10. The van der Waals surface area contributed by atoms with E-state index in [2.05, 4.69) is 26.0 Å². The number of methoxy groups -OCH3 is 1. The number of carbonyl (C=O) groups is 1. The molecule has 0 amide bonds. The van der Waals surface area contributed by atoms with Crippen LogP contribution in [-0.2, 0) is 9.53 Å². The summed E-state index contributed by atoms with van der Waals surface area (Å²) in [5.74, 6) is -0.360. The van der Waals surface area contributed by atoms with Crippen molar-refractivity contribution in [2.24, 2.45) is 0 Å². The Morgan fingerprint density at radius 1 is 1.60 bits per heavy atom. The Hall–Kier alpha value is -0.580. The molecule has 5 heteroatoms. The van der Waals surface area contributed by atoms with E-state index in [-0.39, 0.29) is 5.97 Å². The molecule has 0 aliphatic heterocycles. The van der Waals surface area contributed by atoms with E-state index < -0.39 is 6.04 Å². The van der Waals surface area contributed by atoms with Gasteiger partial charge in [-0.1, -0.05) is 33.6 Å². The molecule has 1 N–H and O–H groups in total. The average Bonchev–Trinajstić information content (AvgIpc) is 2.21. The number of nitrogens with one attached hydrogen (secondary N) is 1. The Labute approximate surface area is 102 Å². The standard InChI is InChI=1S/C10H11BrClNO2/c1-13-9(10(14)15-2)7-4-3-6(11)5-8(7)12/h3-5,9,13H,1-2H3. The molecule has 0 bridgehead atoms. The molecule has 0 heterocycles. The van der Waals surface area contributed by atoms with Gasteiger partial charge in [0.2, 0.25) is 0 Å². The summed E-state index contributed by atoms with van der Waals surface area (Å²) in [6, 6.07) is 4.82. The summed E-state index contributed by atoms with van der Waals surface area (Å²) >= 11 is 9.33. The lowest BCUT2D eigenvalue weighted by Crippen LogP contribution is -2.26. The molecule has 0 aliphatic carbocycles. The maximum atomic E-state index is 11.4. The highest BCUT2D eigenvalue weighted by molar-refractivity contribution is 9.10. The topological polar surface area (TPSA) is 38.3 Å². The van der Waals surface area contributed by atoms with E-state index in [9.17, 15) is 4.79 Å². The van der Waals surface area contributed by atoms with Gasteiger partial charge in [0, 0.05) is 9.50 Å². The van der Waals surface area contributed by atoms with Crippen LogP contribution in [0.25, 0.3) is 0 Å². The lowest BCUT2D eigenvalue weighted by atomic mass is 10.1. The van der Waals surface area contributed by atoms with E-state index in [4.69, 9.17) is 11.6 Å². The smallest absolute Gasteiger partial charge is 0.327 e. The highest BCUT2D eigenvalue weighted by atomic mass is 79.9. The molecule has 0 aromatic heterocycles. The third-order valence-electron chi connectivity index (χ3n) is 2.00. The summed E-state index contributed by atoms with van der Waals surface area (Å²) < 4.78 is 5.54. The van der Waals surface area contributed by atoms with Gasteiger partial charge in [-0.3, -0.25) is 0 Å². The fourth-order valence-electron chi connectivity index (χ4n) is 1.25. The van der Waals surface area contributed by atoms with Gasteiger partial charge in [-0.2, -0.15) is 0 Å². The molecule has 1 rings (SSSR count). The molecule has 1 aromatic carbocycles. The molecule has 1 unspecified atom stereocenters. The van der Waals surface area contributed by atoms with Crippen LogP contribution in [0.1, 0.15) is 11.6 Å². The van der Waals surface area contributed by atoms with Crippen LogP contribution in [0.15, 0.2) is 22.7 Å². The lowest BCUT2D eigenvalue weighted by molar-refractivity contribution is -0.143. The minimum absolute atomic E-state index is 0.360. The minimum Gasteiger partial charge on any atom is -0.468 e. The Balaban J connectivity index is 3.07. The third kappa shape index (κ3) is 2.93. The van der Waals surface area contributed by atoms with Crippen molar-refractivity contribution >= 4 is 33.5 Å². The Morgan fingerprint density at radius 3 is 2.73 bits per heavy atom. The van der Waals surface area contributed by atoms with Crippen LogP contribution in [0, 0.1) is 0 Å². The van der Waals surface area contributed by atoms with E-state index >= 15 is 0 Å². The molecule has 82 valence electrons. The molecule has 0 fully saturated rings. The summed E-state index contributed by atoms with van der Waals surface area (Å²) in [5.41, 5.74) is 0.703. The highest BCUT2D eigenvalue weighted by Gasteiger charge is 2.21. The van der Waals surface area contributed by atoms with Crippen molar-refractivity contribution in [3.05, 3.63) is 33.3 Å². The van der Waals surface area contributed by atoms with Gasteiger partial charge in [-0.15, -0.1) is 0 Å². The highest BCUT2D eigenvalue weighted by Crippen LogP contribution is 2.26. The first-order valence-corrected chi connectivity index (χ1v) is 5.47. The number of rotatable bonds is 3.